The smallest absolute Gasteiger partial charge is 0.0235 e. The van der Waals surface area contributed by atoms with Crippen LogP contribution in [0.5, 0.6) is 0 Å². The number of rotatable bonds is 2. The van der Waals surface area contributed by atoms with E-state index in [4.69, 9.17) is 0 Å². The molecule has 0 amide bonds. The Bertz CT molecular complexity index is 350. The predicted molar refractivity (Wildman–Crippen MR) is 84.4 cm³/mol. The van der Waals surface area contributed by atoms with Crippen LogP contribution in [0.25, 0.3) is 0 Å². The van der Waals surface area contributed by atoms with Gasteiger partial charge in [0.1, 0.15) is 0 Å². The van der Waals surface area contributed by atoms with E-state index in [0.29, 0.717) is 0 Å². The molecule has 2 aliphatic rings. The van der Waals surface area contributed by atoms with Gasteiger partial charge in [-0.3, -0.25) is 9.80 Å². The lowest BCUT2D eigenvalue weighted by Gasteiger charge is -2.38. The second-order valence-corrected chi connectivity index (χ2v) is 5.23. The molecular formula is C14H24Cl2N2O. The summed E-state index contributed by atoms with van der Waals surface area (Å²) in [7, 11) is 2.29. The first-order chi connectivity index (χ1) is 7.83. The minimum Gasteiger partial charge on any atom is -0.412 e. The van der Waals surface area contributed by atoms with E-state index in [1.807, 2.05) is 0 Å². The van der Waals surface area contributed by atoms with Crippen molar-refractivity contribution in [1.82, 2.24) is 9.80 Å². The van der Waals surface area contributed by atoms with E-state index in [9.17, 15) is 0 Å². The highest BCUT2D eigenvalue weighted by atomic mass is 35.5. The molecule has 2 N–H and O–H groups in total. The van der Waals surface area contributed by atoms with E-state index in [0.717, 1.165) is 18.6 Å². The average molecular weight is 307 g/mol. The van der Waals surface area contributed by atoms with Gasteiger partial charge in [0.25, 0.3) is 0 Å². The van der Waals surface area contributed by atoms with Gasteiger partial charge in [0, 0.05) is 31.7 Å². The lowest BCUT2D eigenvalue weighted by atomic mass is 10.1. The zero-order valence-electron chi connectivity index (χ0n) is 11.3. The monoisotopic (exact) mass is 306 g/mol. The summed E-state index contributed by atoms with van der Waals surface area (Å²) in [6.45, 7) is 3.63. The van der Waals surface area contributed by atoms with Gasteiger partial charge >= 0.3 is 0 Å². The highest BCUT2D eigenvalue weighted by molar-refractivity contribution is 5.85. The molecule has 1 aromatic carbocycles. The van der Waals surface area contributed by atoms with Gasteiger partial charge in [0.05, 0.1) is 0 Å². The zero-order valence-corrected chi connectivity index (χ0v) is 12.9. The van der Waals surface area contributed by atoms with Crippen molar-refractivity contribution in [2.24, 2.45) is 0 Å². The Labute approximate surface area is 128 Å². The fraction of sp³-hybridized carbons (Fsp3) is 0.571. The third-order valence-electron chi connectivity index (χ3n) is 4.17. The van der Waals surface area contributed by atoms with Crippen molar-refractivity contribution in [2.75, 3.05) is 20.1 Å². The molecule has 2 bridgehead atoms. The van der Waals surface area contributed by atoms with Crippen molar-refractivity contribution in [3.8, 4) is 0 Å². The maximum Gasteiger partial charge on any atom is 0.0235 e. The molecule has 2 unspecified atom stereocenters. The summed E-state index contributed by atoms with van der Waals surface area (Å²) < 4.78 is 0. The largest absolute Gasteiger partial charge is 0.412 e. The molecule has 0 aliphatic carbocycles. The van der Waals surface area contributed by atoms with Gasteiger partial charge in [-0.05, 0) is 25.5 Å². The quantitative estimate of drug-likeness (QED) is 0.838. The van der Waals surface area contributed by atoms with Crippen LogP contribution in [0.4, 0.5) is 0 Å². The molecule has 2 fully saturated rings. The van der Waals surface area contributed by atoms with E-state index < -0.39 is 0 Å². The summed E-state index contributed by atoms with van der Waals surface area (Å²) in [5.74, 6) is 0. The summed E-state index contributed by atoms with van der Waals surface area (Å²) in [5.41, 5.74) is 1.45. The normalized spacial score (nSPS) is 25.9. The number of likely N-dealkylation sites (N-methyl/N-ethyl adjacent to an activating group) is 1. The molecule has 3 rings (SSSR count). The van der Waals surface area contributed by atoms with Crippen LogP contribution < -0.4 is 0 Å². The minimum atomic E-state index is 0. The summed E-state index contributed by atoms with van der Waals surface area (Å²) in [5, 5.41) is 0. The summed E-state index contributed by atoms with van der Waals surface area (Å²) in [4.78, 5) is 5.21. The molecule has 2 heterocycles. The van der Waals surface area contributed by atoms with Gasteiger partial charge in [0.15, 0.2) is 0 Å². The van der Waals surface area contributed by atoms with E-state index in [1.165, 1.54) is 31.5 Å². The minimum absolute atomic E-state index is 0. The van der Waals surface area contributed by atoms with Crippen LogP contribution in [-0.2, 0) is 6.54 Å². The van der Waals surface area contributed by atoms with Crippen LogP contribution >= 0.6 is 24.8 Å². The van der Waals surface area contributed by atoms with Crippen LogP contribution in [0.1, 0.15) is 18.4 Å². The third-order valence-corrected chi connectivity index (χ3v) is 4.17. The molecule has 0 spiro atoms. The Hall–Kier alpha value is -0.320. The summed E-state index contributed by atoms with van der Waals surface area (Å²) in [6.07, 6.45) is 2.79. The second-order valence-electron chi connectivity index (χ2n) is 5.23. The molecule has 0 saturated carbocycles. The molecule has 19 heavy (non-hydrogen) atoms. The molecule has 0 aromatic heterocycles. The molecule has 3 nitrogen and oxygen atoms in total. The van der Waals surface area contributed by atoms with E-state index >= 15 is 0 Å². The maximum atomic E-state index is 2.62. The number of hydrogen-bond donors (Lipinski definition) is 0. The molecule has 2 saturated heterocycles. The predicted octanol–water partition coefficient (Wildman–Crippen LogP) is 1.98. The first-order valence-corrected chi connectivity index (χ1v) is 6.31. The lowest BCUT2D eigenvalue weighted by Crippen LogP contribution is -2.51. The SMILES string of the molecule is CN1C2CCC1CN(Cc1ccccc1)C2.Cl.Cl.O. The topological polar surface area (TPSA) is 38.0 Å². The van der Waals surface area contributed by atoms with Crippen molar-refractivity contribution >= 4 is 24.8 Å². The van der Waals surface area contributed by atoms with Crippen LogP contribution in [-0.4, -0.2) is 47.5 Å². The van der Waals surface area contributed by atoms with Gasteiger partial charge in [0.2, 0.25) is 0 Å². The highest BCUT2D eigenvalue weighted by Crippen LogP contribution is 2.28. The Morgan fingerprint density at radius 1 is 1.00 bits per heavy atom. The number of fused-ring (bicyclic) bond motifs is 2. The Morgan fingerprint density at radius 2 is 1.53 bits per heavy atom. The van der Waals surface area contributed by atoms with Crippen molar-refractivity contribution < 1.29 is 5.48 Å². The summed E-state index contributed by atoms with van der Waals surface area (Å²) >= 11 is 0. The zero-order chi connectivity index (χ0) is 11.0. The van der Waals surface area contributed by atoms with Crippen molar-refractivity contribution in [3.63, 3.8) is 0 Å². The number of benzene rings is 1. The molecule has 5 heteroatoms. The fourth-order valence-corrected chi connectivity index (χ4v) is 3.17. The Kier molecular flexibility index (Phi) is 7.94. The average Bonchev–Trinajstić information content (AvgIpc) is 2.54. The van der Waals surface area contributed by atoms with Crippen LogP contribution in [0.15, 0.2) is 30.3 Å². The van der Waals surface area contributed by atoms with Gasteiger partial charge in [-0.2, -0.15) is 0 Å². The molecule has 1 aromatic rings. The van der Waals surface area contributed by atoms with Gasteiger partial charge < -0.3 is 5.48 Å². The van der Waals surface area contributed by atoms with Crippen LogP contribution in [0, 0.1) is 0 Å². The number of hydrogen-bond acceptors (Lipinski definition) is 2. The third kappa shape index (κ3) is 4.07. The van der Waals surface area contributed by atoms with Gasteiger partial charge in [-0.15, -0.1) is 24.8 Å². The molecular weight excluding hydrogens is 283 g/mol. The number of piperazine rings is 1. The van der Waals surface area contributed by atoms with Gasteiger partial charge in [-0.25, -0.2) is 0 Å². The summed E-state index contributed by atoms with van der Waals surface area (Å²) in [6, 6.07) is 12.5. The van der Waals surface area contributed by atoms with Crippen LogP contribution in [0.2, 0.25) is 0 Å². The fourth-order valence-electron chi connectivity index (χ4n) is 3.17. The molecule has 2 aliphatic heterocycles. The second kappa shape index (κ2) is 8.08. The Balaban J connectivity index is 0.00000108. The molecule has 0 radical (unpaired) electrons. The Morgan fingerprint density at radius 3 is 2.05 bits per heavy atom. The van der Waals surface area contributed by atoms with E-state index in [-0.39, 0.29) is 30.3 Å². The first-order valence-electron chi connectivity index (χ1n) is 6.31. The molecule has 110 valence electrons. The van der Waals surface area contributed by atoms with E-state index in [1.54, 1.807) is 0 Å². The number of likely N-dealkylation sites (tertiary alicyclic amines) is 1. The number of halogens is 2. The number of nitrogens with zero attached hydrogens (tertiary/aromatic N) is 2. The van der Waals surface area contributed by atoms with Crippen molar-refractivity contribution in [3.05, 3.63) is 35.9 Å². The van der Waals surface area contributed by atoms with Crippen molar-refractivity contribution in [1.29, 1.82) is 0 Å². The molecule has 2 atom stereocenters. The first kappa shape index (κ1) is 18.7. The van der Waals surface area contributed by atoms with E-state index in [2.05, 4.69) is 47.2 Å². The van der Waals surface area contributed by atoms with Crippen LogP contribution in [0.3, 0.4) is 0 Å². The lowest BCUT2D eigenvalue weighted by molar-refractivity contribution is 0.0837. The highest BCUT2D eigenvalue weighted by Gasteiger charge is 2.37. The van der Waals surface area contributed by atoms with Crippen molar-refractivity contribution in [2.45, 2.75) is 31.5 Å². The standard InChI is InChI=1S/C14H20N2.2ClH.H2O/c1-15-13-7-8-14(15)11-16(10-13)9-12-5-3-2-4-6-12;;;/h2-6,13-14H,7-11H2,1H3;2*1H;1H2. The van der Waals surface area contributed by atoms with Gasteiger partial charge in [-0.1, -0.05) is 30.3 Å². The maximum absolute atomic E-state index is 2.62.